The van der Waals surface area contributed by atoms with E-state index in [1.807, 2.05) is 32.0 Å². The average molecular weight is 686 g/mol. The number of hydrogen-bond acceptors (Lipinski definition) is 4. The van der Waals surface area contributed by atoms with E-state index in [2.05, 4.69) is 5.32 Å². The van der Waals surface area contributed by atoms with E-state index in [0.29, 0.717) is 27.5 Å². The fourth-order valence-corrected chi connectivity index (χ4v) is 6.40. The van der Waals surface area contributed by atoms with Crippen LogP contribution >= 0.6 is 11.6 Å². The molecule has 12 heteroatoms. The Morgan fingerprint density at radius 2 is 1.45 bits per heavy atom. The summed E-state index contributed by atoms with van der Waals surface area (Å²) in [6.07, 6.45) is -4.67. The van der Waals surface area contributed by atoms with Crippen molar-refractivity contribution >= 4 is 39.1 Å². The van der Waals surface area contributed by atoms with Crippen LogP contribution in [0.3, 0.4) is 0 Å². The van der Waals surface area contributed by atoms with Gasteiger partial charge in [0.1, 0.15) is 12.6 Å². The molecule has 0 radical (unpaired) electrons. The fraction of sp³-hybridized carbons (Fsp3) is 0.257. The van der Waals surface area contributed by atoms with Gasteiger partial charge in [0.2, 0.25) is 11.8 Å². The molecule has 47 heavy (non-hydrogen) atoms. The zero-order valence-corrected chi connectivity index (χ0v) is 27.4. The molecule has 7 nitrogen and oxygen atoms in total. The molecule has 0 aliphatic heterocycles. The Morgan fingerprint density at radius 3 is 2.04 bits per heavy atom. The van der Waals surface area contributed by atoms with Gasteiger partial charge in [0.25, 0.3) is 10.0 Å². The van der Waals surface area contributed by atoms with E-state index < -0.39 is 46.2 Å². The van der Waals surface area contributed by atoms with Gasteiger partial charge in [-0.1, -0.05) is 92.2 Å². The zero-order chi connectivity index (χ0) is 34.2. The molecule has 0 aliphatic carbocycles. The number of carbonyl (C=O) groups excluding carboxylic acids is 2. The maximum Gasteiger partial charge on any atom is 0.416 e. The third-order valence-electron chi connectivity index (χ3n) is 7.29. The second-order valence-electron chi connectivity index (χ2n) is 11.4. The van der Waals surface area contributed by atoms with Crippen molar-refractivity contribution in [2.75, 3.05) is 17.4 Å². The molecule has 0 spiro atoms. The summed E-state index contributed by atoms with van der Waals surface area (Å²) in [6.45, 7) is 3.18. The highest BCUT2D eigenvalue weighted by molar-refractivity contribution is 7.92. The molecule has 1 atom stereocenters. The van der Waals surface area contributed by atoms with Crippen molar-refractivity contribution < 1.29 is 31.2 Å². The first kappa shape index (κ1) is 35.5. The number of amides is 2. The van der Waals surface area contributed by atoms with Crippen molar-refractivity contribution in [2.24, 2.45) is 5.92 Å². The van der Waals surface area contributed by atoms with E-state index in [-0.39, 0.29) is 29.5 Å². The summed E-state index contributed by atoms with van der Waals surface area (Å²) in [5, 5.41) is 3.34. The summed E-state index contributed by atoms with van der Waals surface area (Å²) in [5.74, 6) is -1.15. The van der Waals surface area contributed by atoms with Gasteiger partial charge < -0.3 is 10.2 Å². The normalized spacial score (nSPS) is 12.4. The number of rotatable bonds is 13. The van der Waals surface area contributed by atoms with E-state index in [9.17, 15) is 31.2 Å². The topological polar surface area (TPSA) is 86.8 Å². The fourth-order valence-electron chi connectivity index (χ4n) is 4.85. The highest BCUT2D eigenvalue weighted by atomic mass is 35.5. The Hall–Kier alpha value is -4.35. The molecule has 248 valence electrons. The van der Waals surface area contributed by atoms with Crippen molar-refractivity contribution in [3.63, 3.8) is 0 Å². The number of halogens is 4. The predicted molar refractivity (Wildman–Crippen MR) is 176 cm³/mol. The number of carbonyl (C=O) groups is 2. The highest BCUT2D eigenvalue weighted by Gasteiger charge is 2.36. The molecule has 0 saturated heterocycles. The van der Waals surface area contributed by atoms with Crippen LogP contribution in [-0.2, 0) is 38.8 Å². The molecule has 0 saturated carbocycles. The number of sulfonamides is 1. The molecule has 0 aliphatic rings. The van der Waals surface area contributed by atoms with Crippen molar-refractivity contribution in [1.82, 2.24) is 10.2 Å². The van der Waals surface area contributed by atoms with E-state index in [4.69, 9.17) is 11.6 Å². The zero-order valence-electron chi connectivity index (χ0n) is 25.8. The first-order valence-electron chi connectivity index (χ1n) is 14.9. The standard InChI is InChI=1S/C35H35ClF3N3O4S/c1-25(2)22-40-34(44)32(20-26-10-5-3-6-11-26)41(23-27-16-18-29(36)19-17-27)33(43)24-42(47(45,46)31-14-7-4-8-15-31)30-13-9-12-28(21-30)35(37,38)39/h3-19,21,25,32H,20,22-24H2,1-2H3,(H,40,44)/t32-/m1/s1. The Balaban J connectivity index is 1.83. The number of alkyl halides is 3. The van der Waals surface area contributed by atoms with Crippen LogP contribution in [0.4, 0.5) is 18.9 Å². The minimum Gasteiger partial charge on any atom is -0.354 e. The maximum atomic E-state index is 14.4. The van der Waals surface area contributed by atoms with Gasteiger partial charge in [-0.05, 0) is 59.5 Å². The lowest BCUT2D eigenvalue weighted by Crippen LogP contribution is -2.53. The third-order valence-corrected chi connectivity index (χ3v) is 9.33. The summed E-state index contributed by atoms with van der Waals surface area (Å²) in [6, 6.07) is 25.5. The molecule has 4 rings (SSSR count). The maximum absolute atomic E-state index is 14.4. The summed E-state index contributed by atoms with van der Waals surface area (Å²) >= 11 is 6.09. The largest absolute Gasteiger partial charge is 0.416 e. The molecule has 0 aromatic heterocycles. The summed E-state index contributed by atoms with van der Waals surface area (Å²) in [7, 11) is -4.55. The van der Waals surface area contributed by atoms with Crippen molar-refractivity contribution in [2.45, 2.75) is 43.9 Å². The summed E-state index contributed by atoms with van der Waals surface area (Å²) in [5.41, 5.74) is -0.0807. The van der Waals surface area contributed by atoms with Gasteiger partial charge in [0, 0.05) is 24.5 Å². The lowest BCUT2D eigenvalue weighted by molar-refractivity contribution is -0.140. The van der Waals surface area contributed by atoms with Gasteiger partial charge in [-0.2, -0.15) is 13.2 Å². The van der Waals surface area contributed by atoms with Crippen LogP contribution in [-0.4, -0.2) is 44.3 Å². The quantitative estimate of drug-likeness (QED) is 0.165. The number of nitrogens with one attached hydrogen (secondary N) is 1. The van der Waals surface area contributed by atoms with E-state index >= 15 is 0 Å². The van der Waals surface area contributed by atoms with Crippen LogP contribution in [0.1, 0.15) is 30.5 Å². The molecule has 0 bridgehead atoms. The van der Waals surface area contributed by atoms with Crippen LogP contribution < -0.4 is 9.62 Å². The molecule has 4 aromatic rings. The van der Waals surface area contributed by atoms with Crippen molar-refractivity contribution in [3.8, 4) is 0 Å². The lowest BCUT2D eigenvalue weighted by Gasteiger charge is -2.34. The molecular weight excluding hydrogens is 651 g/mol. The molecule has 4 aromatic carbocycles. The van der Waals surface area contributed by atoms with E-state index in [1.165, 1.54) is 35.2 Å². The Labute approximate surface area is 278 Å². The number of hydrogen-bond donors (Lipinski definition) is 1. The molecule has 0 heterocycles. The van der Waals surface area contributed by atoms with Gasteiger partial charge >= 0.3 is 6.18 Å². The second-order valence-corrected chi connectivity index (χ2v) is 13.7. The predicted octanol–water partition coefficient (Wildman–Crippen LogP) is 6.97. The van der Waals surface area contributed by atoms with E-state index in [1.54, 1.807) is 42.5 Å². The Morgan fingerprint density at radius 1 is 0.830 bits per heavy atom. The van der Waals surface area contributed by atoms with Gasteiger partial charge in [0.15, 0.2) is 0 Å². The molecular formula is C35H35ClF3N3O4S. The monoisotopic (exact) mass is 685 g/mol. The Bertz CT molecular complexity index is 1750. The third kappa shape index (κ3) is 9.59. The first-order valence-corrected chi connectivity index (χ1v) is 16.7. The average Bonchev–Trinajstić information content (AvgIpc) is 3.05. The van der Waals surface area contributed by atoms with Crippen LogP contribution in [0, 0.1) is 5.92 Å². The summed E-state index contributed by atoms with van der Waals surface area (Å²) in [4.78, 5) is 29.3. The van der Waals surface area contributed by atoms with Gasteiger partial charge in [0.05, 0.1) is 16.1 Å². The van der Waals surface area contributed by atoms with Crippen LogP contribution in [0.5, 0.6) is 0 Å². The molecule has 0 unspecified atom stereocenters. The van der Waals surface area contributed by atoms with E-state index in [0.717, 1.165) is 17.7 Å². The van der Waals surface area contributed by atoms with Gasteiger partial charge in [-0.15, -0.1) is 0 Å². The second kappa shape index (κ2) is 15.5. The minimum absolute atomic E-state index is 0.0963. The number of nitrogens with zero attached hydrogens (tertiary/aromatic N) is 2. The first-order chi connectivity index (χ1) is 22.3. The SMILES string of the molecule is CC(C)CNC(=O)[C@@H](Cc1ccccc1)N(Cc1ccc(Cl)cc1)C(=O)CN(c1cccc(C(F)(F)F)c1)S(=O)(=O)c1ccccc1. The minimum atomic E-state index is -4.77. The van der Waals surface area contributed by atoms with Crippen molar-refractivity contribution in [1.29, 1.82) is 0 Å². The summed E-state index contributed by atoms with van der Waals surface area (Å²) < 4.78 is 69.9. The number of benzene rings is 4. The smallest absolute Gasteiger partial charge is 0.354 e. The van der Waals surface area contributed by atoms with Crippen LogP contribution in [0.2, 0.25) is 5.02 Å². The molecule has 1 N–H and O–H groups in total. The van der Waals surface area contributed by atoms with Crippen molar-refractivity contribution in [3.05, 3.63) is 131 Å². The van der Waals surface area contributed by atoms with Crippen LogP contribution in [0.25, 0.3) is 0 Å². The lowest BCUT2D eigenvalue weighted by atomic mass is 10.0. The number of anilines is 1. The Kier molecular flexibility index (Phi) is 11.7. The highest BCUT2D eigenvalue weighted by Crippen LogP contribution is 2.33. The van der Waals surface area contributed by atoms with Gasteiger partial charge in [-0.3, -0.25) is 13.9 Å². The van der Waals surface area contributed by atoms with Crippen LogP contribution in [0.15, 0.2) is 114 Å². The molecule has 2 amide bonds. The van der Waals surface area contributed by atoms with Gasteiger partial charge in [-0.25, -0.2) is 8.42 Å². The molecule has 0 fully saturated rings.